The van der Waals surface area contributed by atoms with Crippen LogP contribution in [0.3, 0.4) is 0 Å². The van der Waals surface area contributed by atoms with Crippen LogP contribution in [0.2, 0.25) is 0 Å². The molecule has 1 aliphatic carbocycles. The summed E-state index contributed by atoms with van der Waals surface area (Å²) in [6.07, 6.45) is 6.84. The van der Waals surface area contributed by atoms with Gasteiger partial charge in [0.2, 0.25) is 5.91 Å². The maximum Gasteiger partial charge on any atom is 0.253 e. The average molecular weight is 479 g/mol. The van der Waals surface area contributed by atoms with Crippen molar-refractivity contribution in [2.75, 3.05) is 48.4 Å². The third kappa shape index (κ3) is 6.68. The minimum Gasteiger partial charge on any atom is -0.495 e. The lowest BCUT2D eigenvalue weighted by Crippen LogP contribution is -2.47. The van der Waals surface area contributed by atoms with E-state index in [0.717, 1.165) is 81.8 Å². The van der Waals surface area contributed by atoms with E-state index < -0.39 is 0 Å². The van der Waals surface area contributed by atoms with Crippen LogP contribution in [-0.4, -0.2) is 51.1 Å². The molecular weight excluding hydrogens is 440 g/mol. The Hall–Kier alpha value is -3.22. The highest BCUT2D eigenvalue weighted by atomic mass is 16.5. The van der Waals surface area contributed by atoms with Crippen LogP contribution in [-0.2, 0) is 4.79 Å². The molecule has 7 nitrogen and oxygen atoms in total. The molecule has 4 rings (SSSR count). The van der Waals surface area contributed by atoms with Gasteiger partial charge in [0.25, 0.3) is 5.91 Å². The number of nitrogens with one attached hydrogen (secondary N) is 2. The molecule has 188 valence electrons. The van der Waals surface area contributed by atoms with E-state index in [1.807, 2.05) is 36.4 Å². The predicted molar refractivity (Wildman–Crippen MR) is 142 cm³/mol. The van der Waals surface area contributed by atoms with Gasteiger partial charge in [-0.2, -0.15) is 0 Å². The van der Waals surface area contributed by atoms with Gasteiger partial charge in [0.1, 0.15) is 5.75 Å². The smallest absolute Gasteiger partial charge is 0.253 e. The van der Waals surface area contributed by atoms with Crippen LogP contribution in [0.4, 0.5) is 17.1 Å². The number of unbranched alkanes of at least 4 members (excludes halogenated alkanes) is 3. The number of rotatable bonds is 11. The van der Waals surface area contributed by atoms with Gasteiger partial charge in [0.15, 0.2) is 0 Å². The highest BCUT2D eigenvalue weighted by Crippen LogP contribution is 2.31. The van der Waals surface area contributed by atoms with Gasteiger partial charge in [0.05, 0.1) is 18.4 Å². The topological polar surface area (TPSA) is 73.9 Å². The first-order valence-electron chi connectivity index (χ1n) is 13.0. The molecule has 0 atom stereocenters. The standard InChI is InChI=1S/C28H38N4O3/c1-3-4-5-6-11-27(33)29-22-14-15-24(23(20-22)28(34)30-21-12-13-21)31-16-18-32(19-17-31)25-9-7-8-10-26(25)35-2/h7-10,14-15,20-21H,3-6,11-13,16-19H2,1-2H3,(H,29,33)(H,30,34). The van der Waals surface area contributed by atoms with Crippen LogP contribution < -0.4 is 25.2 Å². The van der Waals surface area contributed by atoms with Gasteiger partial charge in [0, 0.05) is 50.0 Å². The molecule has 1 aliphatic heterocycles. The second kappa shape index (κ2) is 12.0. The van der Waals surface area contributed by atoms with E-state index in [4.69, 9.17) is 4.74 Å². The van der Waals surface area contributed by atoms with Gasteiger partial charge in [-0.25, -0.2) is 0 Å². The summed E-state index contributed by atoms with van der Waals surface area (Å²) in [4.78, 5) is 30.1. The van der Waals surface area contributed by atoms with Crippen molar-refractivity contribution in [3.63, 3.8) is 0 Å². The number of ether oxygens (including phenoxy) is 1. The highest BCUT2D eigenvalue weighted by molar-refractivity contribution is 6.02. The van der Waals surface area contributed by atoms with Crippen LogP contribution >= 0.6 is 0 Å². The van der Waals surface area contributed by atoms with Crippen LogP contribution in [0.5, 0.6) is 5.75 Å². The summed E-state index contributed by atoms with van der Waals surface area (Å²) in [6.45, 7) is 5.42. The minimum absolute atomic E-state index is 0.00725. The third-order valence-electron chi connectivity index (χ3n) is 6.74. The summed E-state index contributed by atoms with van der Waals surface area (Å²) >= 11 is 0. The van der Waals surface area contributed by atoms with E-state index in [1.165, 1.54) is 0 Å². The number of methoxy groups -OCH3 is 1. The predicted octanol–water partition coefficient (Wildman–Crippen LogP) is 4.82. The number of hydrogen-bond acceptors (Lipinski definition) is 5. The monoisotopic (exact) mass is 478 g/mol. The zero-order valence-corrected chi connectivity index (χ0v) is 21.0. The van der Waals surface area contributed by atoms with Gasteiger partial charge in [-0.15, -0.1) is 0 Å². The Bertz CT molecular complexity index is 1010. The number of benzene rings is 2. The molecule has 35 heavy (non-hydrogen) atoms. The Balaban J connectivity index is 1.45. The van der Waals surface area contributed by atoms with E-state index in [1.54, 1.807) is 7.11 Å². The Morgan fingerprint density at radius 1 is 0.943 bits per heavy atom. The van der Waals surface area contributed by atoms with Crippen LogP contribution in [0, 0.1) is 0 Å². The van der Waals surface area contributed by atoms with Gasteiger partial charge in [-0.1, -0.05) is 38.3 Å². The van der Waals surface area contributed by atoms with Crippen molar-refractivity contribution in [3.05, 3.63) is 48.0 Å². The fraction of sp³-hybridized carbons (Fsp3) is 0.500. The first-order chi connectivity index (χ1) is 17.1. The number of piperazine rings is 1. The molecule has 0 spiro atoms. The molecule has 0 aromatic heterocycles. The van der Waals surface area contributed by atoms with Crippen molar-refractivity contribution >= 4 is 28.9 Å². The molecule has 2 amide bonds. The fourth-order valence-electron chi connectivity index (χ4n) is 4.58. The first-order valence-corrected chi connectivity index (χ1v) is 13.0. The number of amides is 2. The maximum atomic E-state index is 13.1. The van der Waals surface area contributed by atoms with E-state index in [0.29, 0.717) is 17.7 Å². The Labute approximate surface area is 208 Å². The van der Waals surface area contributed by atoms with Crippen molar-refractivity contribution in [2.45, 2.75) is 57.9 Å². The first kappa shape index (κ1) is 24.9. The summed E-state index contributed by atoms with van der Waals surface area (Å²) < 4.78 is 5.54. The van der Waals surface area contributed by atoms with E-state index in [9.17, 15) is 9.59 Å². The fourth-order valence-corrected chi connectivity index (χ4v) is 4.58. The quantitative estimate of drug-likeness (QED) is 0.453. The molecule has 1 saturated heterocycles. The summed E-state index contributed by atoms with van der Waals surface area (Å²) in [5.41, 5.74) is 3.33. The summed E-state index contributed by atoms with van der Waals surface area (Å²) in [6, 6.07) is 14.1. The van der Waals surface area contributed by atoms with Gasteiger partial charge in [-0.05, 0) is 49.6 Å². The van der Waals surface area contributed by atoms with Gasteiger partial charge >= 0.3 is 0 Å². The Kier molecular flexibility index (Phi) is 8.50. The lowest BCUT2D eigenvalue weighted by molar-refractivity contribution is -0.116. The van der Waals surface area contributed by atoms with Crippen molar-refractivity contribution in [1.82, 2.24) is 5.32 Å². The number of anilines is 3. The lowest BCUT2D eigenvalue weighted by atomic mass is 10.1. The molecule has 7 heteroatoms. The Morgan fingerprint density at radius 2 is 1.66 bits per heavy atom. The maximum absolute atomic E-state index is 13.1. The highest BCUT2D eigenvalue weighted by Gasteiger charge is 2.27. The normalized spacial score (nSPS) is 15.6. The number of carbonyl (C=O) groups is 2. The van der Waals surface area contributed by atoms with Crippen molar-refractivity contribution in [3.8, 4) is 5.75 Å². The number of hydrogen-bond donors (Lipinski definition) is 2. The third-order valence-corrected chi connectivity index (χ3v) is 6.74. The van der Waals surface area contributed by atoms with Gasteiger partial charge < -0.3 is 25.2 Å². The van der Waals surface area contributed by atoms with E-state index >= 15 is 0 Å². The molecule has 0 unspecified atom stereocenters. The van der Waals surface area contributed by atoms with Crippen LogP contribution in [0.15, 0.2) is 42.5 Å². The van der Waals surface area contributed by atoms with Crippen LogP contribution in [0.25, 0.3) is 0 Å². The van der Waals surface area contributed by atoms with Gasteiger partial charge in [-0.3, -0.25) is 9.59 Å². The summed E-state index contributed by atoms with van der Waals surface area (Å²) in [5, 5.41) is 6.12. The number of carbonyl (C=O) groups excluding carboxylic acids is 2. The second-order valence-electron chi connectivity index (χ2n) is 9.48. The molecule has 2 aromatic rings. The molecule has 2 aromatic carbocycles. The summed E-state index contributed by atoms with van der Waals surface area (Å²) in [7, 11) is 1.70. The molecule has 2 N–H and O–H groups in total. The SMILES string of the molecule is CCCCCCC(=O)Nc1ccc(N2CCN(c3ccccc3OC)CC2)c(C(=O)NC2CC2)c1. The largest absolute Gasteiger partial charge is 0.495 e. The van der Waals surface area contributed by atoms with Crippen molar-refractivity contribution < 1.29 is 14.3 Å². The number of nitrogens with zero attached hydrogens (tertiary/aromatic N) is 2. The molecule has 1 heterocycles. The zero-order chi connectivity index (χ0) is 24.6. The molecule has 1 saturated carbocycles. The molecule has 0 radical (unpaired) electrons. The average Bonchev–Trinajstić information content (AvgIpc) is 3.71. The minimum atomic E-state index is -0.0614. The summed E-state index contributed by atoms with van der Waals surface area (Å²) in [5.74, 6) is 0.821. The second-order valence-corrected chi connectivity index (χ2v) is 9.48. The molecule has 2 fully saturated rings. The molecular formula is C28H38N4O3. The van der Waals surface area contributed by atoms with Crippen molar-refractivity contribution in [1.29, 1.82) is 0 Å². The van der Waals surface area contributed by atoms with Crippen LogP contribution in [0.1, 0.15) is 62.2 Å². The molecule has 0 bridgehead atoms. The lowest BCUT2D eigenvalue weighted by Gasteiger charge is -2.38. The van der Waals surface area contributed by atoms with E-state index in [2.05, 4.69) is 33.4 Å². The van der Waals surface area contributed by atoms with Crippen molar-refractivity contribution in [2.24, 2.45) is 0 Å². The number of para-hydroxylation sites is 2. The zero-order valence-electron chi connectivity index (χ0n) is 21.0. The Morgan fingerprint density at radius 3 is 2.34 bits per heavy atom. The van der Waals surface area contributed by atoms with E-state index in [-0.39, 0.29) is 17.9 Å². The molecule has 2 aliphatic rings.